The van der Waals surface area contributed by atoms with Gasteiger partial charge in [0.25, 0.3) is 0 Å². The van der Waals surface area contributed by atoms with Gasteiger partial charge in [-0.1, -0.05) is 0 Å². The van der Waals surface area contributed by atoms with Crippen molar-refractivity contribution in [3.8, 4) is 17.2 Å². The number of ether oxygens (including phenoxy) is 5. The molecule has 2 rings (SSSR count). The quantitative estimate of drug-likeness (QED) is 0.263. The van der Waals surface area contributed by atoms with E-state index < -0.39 is 0 Å². The fraction of sp³-hybridized carbons (Fsp3) is 0.696. The van der Waals surface area contributed by atoms with Crippen molar-refractivity contribution in [2.24, 2.45) is 10.9 Å². The van der Waals surface area contributed by atoms with Crippen LogP contribution in [0, 0.1) is 5.92 Å². The summed E-state index contributed by atoms with van der Waals surface area (Å²) >= 11 is 0. The number of rotatable bonds is 14. The molecule has 176 valence electrons. The third-order valence-corrected chi connectivity index (χ3v) is 4.96. The van der Waals surface area contributed by atoms with Crippen LogP contribution >= 0.6 is 0 Å². The molecular formula is C23H39N3O5. The van der Waals surface area contributed by atoms with Gasteiger partial charge in [0.15, 0.2) is 5.96 Å². The summed E-state index contributed by atoms with van der Waals surface area (Å²) in [6, 6.07) is 5.52. The Morgan fingerprint density at radius 1 is 1.00 bits per heavy atom. The first-order valence-corrected chi connectivity index (χ1v) is 11.3. The van der Waals surface area contributed by atoms with Crippen LogP contribution in [0.1, 0.15) is 32.6 Å². The highest BCUT2D eigenvalue weighted by Crippen LogP contribution is 2.27. The highest BCUT2D eigenvalue weighted by molar-refractivity contribution is 5.79. The van der Waals surface area contributed by atoms with Crippen molar-refractivity contribution >= 4 is 5.96 Å². The van der Waals surface area contributed by atoms with Gasteiger partial charge in [0, 0.05) is 70.7 Å². The van der Waals surface area contributed by atoms with E-state index in [-0.39, 0.29) is 0 Å². The van der Waals surface area contributed by atoms with Crippen molar-refractivity contribution in [2.45, 2.75) is 32.6 Å². The molecule has 0 aliphatic carbocycles. The number of hydrogen-bond donors (Lipinski definition) is 2. The van der Waals surface area contributed by atoms with Crippen LogP contribution in [0.3, 0.4) is 0 Å². The topological polar surface area (TPSA) is 82.6 Å². The molecule has 0 bridgehead atoms. The molecule has 1 aromatic rings. The molecule has 0 aromatic heterocycles. The molecule has 1 aliphatic rings. The van der Waals surface area contributed by atoms with Crippen molar-refractivity contribution in [1.29, 1.82) is 0 Å². The lowest BCUT2D eigenvalue weighted by Gasteiger charge is -2.21. The van der Waals surface area contributed by atoms with Gasteiger partial charge in [-0.2, -0.15) is 0 Å². The molecule has 0 radical (unpaired) electrons. The zero-order valence-electron chi connectivity index (χ0n) is 19.3. The molecule has 31 heavy (non-hydrogen) atoms. The molecule has 0 saturated carbocycles. The number of benzene rings is 1. The van der Waals surface area contributed by atoms with Crippen LogP contribution in [0.25, 0.3) is 0 Å². The molecule has 1 saturated heterocycles. The third kappa shape index (κ3) is 10.6. The smallest absolute Gasteiger partial charge is 0.191 e. The van der Waals surface area contributed by atoms with Gasteiger partial charge in [0.05, 0.1) is 20.8 Å². The zero-order chi connectivity index (χ0) is 22.2. The van der Waals surface area contributed by atoms with E-state index in [0.29, 0.717) is 30.6 Å². The molecule has 1 fully saturated rings. The minimum absolute atomic E-state index is 0.569. The molecule has 8 nitrogen and oxygen atoms in total. The van der Waals surface area contributed by atoms with E-state index in [2.05, 4.69) is 22.5 Å². The second-order valence-electron chi connectivity index (χ2n) is 7.42. The van der Waals surface area contributed by atoms with E-state index in [1.54, 1.807) is 14.2 Å². The Bertz CT molecular complexity index is 613. The van der Waals surface area contributed by atoms with Gasteiger partial charge >= 0.3 is 0 Å². The first-order chi connectivity index (χ1) is 15.2. The number of nitrogens with one attached hydrogen (secondary N) is 2. The van der Waals surface area contributed by atoms with Gasteiger partial charge in [-0.05, 0) is 32.1 Å². The van der Waals surface area contributed by atoms with Crippen molar-refractivity contribution in [3.63, 3.8) is 0 Å². The van der Waals surface area contributed by atoms with Crippen LogP contribution in [-0.4, -0.2) is 72.8 Å². The Kier molecular flexibility index (Phi) is 12.6. The molecule has 2 N–H and O–H groups in total. The first-order valence-electron chi connectivity index (χ1n) is 11.3. The Hall–Kier alpha value is -2.19. The number of hydrogen-bond acceptors (Lipinski definition) is 6. The number of nitrogens with zero attached hydrogens (tertiary/aromatic N) is 1. The molecule has 1 heterocycles. The minimum Gasteiger partial charge on any atom is -0.496 e. The highest BCUT2D eigenvalue weighted by Gasteiger charge is 2.13. The van der Waals surface area contributed by atoms with E-state index in [1.165, 1.54) is 0 Å². The fourth-order valence-electron chi connectivity index (χ4n) is 3.20. The number of aliphatic imine (C=N–C) groups is 1. The summed E-state index contributed by atoms with van der Waals surface area (Å²) in [5, 5.41) is 6.64. The van der Waals surface area contributed by atoms with Crippen molar-refractivity contribution in [1.82, 2.24) is 10.6 Å². The highest BCUT2D eigenvalue weighted by atomic mass is 16.5. The molecule has 0 amide bonds. The molecule has 0 atom stereocenters. The lowest BCUT2D eigenvalue weighted by atomic mass is 10.0. The summed E-state index contributed by atoms with van der Waals surface area (Å²) in [5.74, 6) is 3.63. The second-order valence-corrected chi connectivity index (χ2v) is 7.42. The van der Waals surface area contributed by atoms with Crippen LogP contribution in [0.5, 0.6) is 17.2 Å². The monoisotopic (exact) mass is 437 g/mol. The second kappa shape index (κ2) is 15.6. The van der Waals surface area contributed by atoms with E-state index >= 15 is 0 Å². The van der Waals surface area contributed by atoms with Gasteiger partial charge in [-0.25, -0.2) is 0 Å². The Morgan fingerprint density at radius 3 is 2.39 bits per heavy atom. The van der Waals surface area contributed by atoms with E-state index in [1.807, 2.05) is 18.2 Å². The van der Waals surface area contributed by atoms with Crippen molar-refractivity contribution in [3.05, 3.63) is 18.2 Å². The molecule has 1 aromatic carbocycles. The van der Waals surface area contributed by atoms with Crippen LogP contribution in [-0.2, 0) is 9.47 Å². The van der Waals surface area contributed by atoms with Gasteiger partial charge < -0.3 is 34.3 Å². The average Bonchev–Trinajstić information content (AvgIpc) is 2.81. The van der Waals surface area contributed by atoms with Crippen LogP contribution in [0.15, 0.2) is 23.2 Å². The van der Waals surface area contributed by atoms with Crippen LogP contribution in [0.4, 0.5) is 0 Å². The number of guanidine groups is 1. The largest absolute Gasteiger partial charge is 0.496 e. The summed E-state index contributed by atoms with van der Waals surface area (Å²) in [6.45, 7) is 8.32. The predicted octanol–water partition coefficient (Wildman–Crippen LogP) is 2.86. The van der Waals surface area contributed by atoms with E-state index in [9.17, 15) is 0 Å². The van der Waals surface area contributed by atoms with Gasteiger partial charge in [0.2, 0.25) is 0 Å². The summed E-state index contributed by atoms with van der Waals surface area (Å²) in [6.07, 6.45) is 3.99. The van der Waals surface area contributed by atoms with Crippen molar-refractivity contribution in [2.75, 3.05) is 66.9 Å². The normalized spacial score (nSPS) is 14.9. The molecule has 0 unspecified atom stereocenters. The maximum atomic E-state index is 5.81. The summed E-state index contributed by atoms with van der Waals surface area (Å²) in [4.78, 5) is 4.61. The maximum Gasteiger partial charge on any atom is 0.191 e. The van der Waals surface area contributed by atoms with Gasteiger partial charge in [0.1, 0.15) is 17.2 Å². The van der Waals surface area contributed by atoms with Gasteiger partial charge in [-0.15, -0.1) is 0 Å². The van der Waals surface area contributed by atoms with E-state index in [4.69, 9.17) is 23.7 Å². The molecule has 0 spiro atoms. The maximum absolute atomic E-state index is 5.81. The summed E-state index contributed by atoms with van der Waals surface area (Å²) in [5.41, 5.74) is 0. The lowest BCUT2D eigenvalue weighted by Crippen LogP contribution is -2.38. The zero-order valence-corrected chi connectivity index (χ0v) is 19.3. The Balaban J connectivity index is 1.59. The SMILES string of the molecule is CCNC(=NCCCOc1cc(OC)cc(OC)c1)NCCCOCC1CCOCC1. The van der Waals surface area contributed by atoms with Crippen LogP contribution in [0.2, 0.25) is 0 Å². The summed E-state index contributed by atoms with van der Waals surface area (Å²) < 4.78 is 27.5. The average molecular weight is 438 g/mol. The third-order valence-electron chi connectivity index (χ3n) is 4.96. The summed E-state index contributed by atoms with van der Waals surface area (Å²) in [7, 11) is 3.25. The molecule has 8 heteroatoms. The Morgan fingerprint density at radius 2 is 1.71 bits per heavy atom. The number of methoxy groups -OCH3 is 2. The molecular weight excluding hydrogens is 398 g/mol. The van der Waals surface area contributed by atoms with E-state index in [0.717, 1.165) is 76.9 Å². The first kappa shape index (κ1) is 25.1. The van der Waals surface area contributed by atoms with Crippen molar-refractivity contribution < 1.29 is 23.7 Å². The fourth-order valence-corrected chi connectivity index (χ4v) is 3.20. The predicted molar refractivity (Wildman–Crippen MR) is 123 cm³/mol. The van der Waals surface area contributed by atoms with Gasteiger partial charge in [-0.3, -0.25) is 4.99 Å². The lowest BCUT2D eigenvalue weighted by molar-refractivity contribution is 0.0203. The Labute approximate surface area is 186 Å². The molecule has 1 aliphatic heterocycles. The minimum atomic E-state index is 0.569. The standard InChI is InChI=1S/C23H39N3O5/c1-4-24-23(25-9-5-11-30-18-19-7-13-29-14-8-19)26-10-6-12-31-22-16-20(27-2)15-21(17-22)28-3/h15-17,19H,4-14,18H2,1-3H3,(H2,24,25,26). The van der Waals surface area contributed by atoms with Crippen LogP contribution < -0.4 is 24.8 Å².